The molecule has 0 aliphatic carbocycles. The van der Waals surface area contributed by atoms with Crippen LogP contribution in [-0.2, 0) is 17.8 Å². The Morgan fingerprint density at radius 3 is 2.85 bits per heavy atom. The maximum atomic E-state index is 12.5. The normalized spacial score (nSPS) is 17.8. The molecule has 1 atom stereocenters. The molecule has 6 nitrogen and oxygen atoms in total. The molecule has 0 bridgehead atoms. The van der Waals surface area contributed by atoms with Crippen molar-refractivity contribution in [3.05, 3.63) is 59.7 Å². The number of aliphatic hydroxyl groups excluding tert-OH is 1. The maximum absolute atomic E-state index is 12.5. The lowest BCUT2D eigenvalue weighted by molar-refractivity contribution is -0.121. The molecule has 1 fully saturated rings. The molecule has 2 aromatic rings. The van der Waals surface area contributed by atoms with Crippen molar-refractivity contribution < 1.29 is 14.6 Å². The lowest BCUT2D eigenvalue weighted by atomic mass is 10.0. The monoisotopic (exact) mass is 365 g/mol. The van der Waals surface area contributed by atoms with Crippen molar-refractivity contribution in [2.45, 2.75) is 31.8 Å². The summed E-state index contributed by atoms with van der Waals surface area (Å²) in [5.74, 6) is 1.42. The quantitative estimate of drug-likeness (QED) is 0.739. The molecule has 4 rings (SSSR count). The molecule has 1 unspecified atom stereocenters. The summed E-state index contributed by atoms with van der Waals surface area (Å²) in [5, 5.41) is 11.8. The highest BCUT2D eigenvalue weighted by atomic mass is 16.5. The molecular weight excluding hydrogens is 342 g/mol. The van der Waals surface area contributed by atoms with E-state index in [1.54, 1.807) is 0 Å². The van der Waals surface area contributed by atoms with Crippen molar-refractivity contribution in [2.24, 2.45) is 4.99 Å². The molecule has 2 aliphatic rings. The Hall–Kier alpha value is -2.86. The number of nitrogens with zero attached hydrogens (tertiary/aromatic N) is 2. The van der Waals surface area contributed by atoms with E-state index in [9.17, 15) is 4.79 Å². The van der Waals surface area contributed by atoms with Crippen LogP contribution >= 0.6 is 0 Å². The van der Waals surface area contributed by atoms with Gasteiger partial charge in [0.25, 0.3) is 0 Å². The van der Waals surface area contributed by atoms with Gasteiger partial charge in [-0.15, -0.1) is 0 Å². The molecule has 0 spiro atoms. The molecule has 2 aromatic carbocycles. The second kappa shape index (κ2) is 7.80. The van der Waals surface area contributed by atoms with E-state index >= 15 is 0 Å². The molecular formula is C21H23N3O3. The highest BCUT2D eigenvalue weighted by Crippen LogP contribution is 2.32. The van der Waals surface area contributed by atoms with Gasteiger partial charge in [0.2, 0.25) is 11.9 Å². The summed E-state index contributed by atoms with van der Waals surface area (Å²) >= 11 is 0. The van der Waals surface area contributed by atoms with Crippen molar-refractivity contribution in [1.82, 2.24) is 10.2 Å². The van der Waals surface area contributed by atoms with Crippen LogP contribution in [0.3, 0.4) is 0 Å². The predicted molar refractivity (Wildman–Crippen MR) is 103 cm³/mol. The number of rotatable bonds is 7. The molecule has 0 radical (unpaired) electrons. The van der Waals surface area contributed by atoms with Gasteiger partial charge < -0.3 is 14.7 Å². The van der Waals surface area contributed by atoms with Crippen LogP contribution in [0.4, 0.5) is 5.69 Å². The lowest BCUT2D eigenvalue weighted by Crippen LogP contribution is -2.38. The summed E-state index contributed by atoms with van der Waals surface area (Å²) in [5.41, 5.74) is 3.04. The zero-order valence-electron chi connectivity index (χ0n) is 15.1. The van der Waals surface area contributed by atoms with Crippen molar-refractivity contribution in [3.63, 3.8) is 0 Å². The van der Waals surface area contributed by atoms with Crippen LogP contribution in [0.15, 0.2) is 53.5 Å². The predicted octanol–water partition coefficient (Wildman–Crippen LogP) is 2.38. The average molecular weight is 365 g/mol. The summed E-state index contributed by atoms with van der Waals surface area (Å²) in [6.45, 7) is 1.39. The van der Waals surface area contributed by atoms with Gasteiger partial charge in [-0.05, 0) is 36.6 Å². The number of aliphatic imine (C=N–C) groups is 1. The van der Waals surface area contributed by atoms with Gasteiger partial charge in [-0.25, -0.2) is 4.99 Å². The molecule has 2 heterocycles. The number of nitrogens with one attached hydrogen (secondary N) is 1. The van der Waals surface area contributed by atoms with Gasteiger partial charge in [0.05, 0.1) is 12.3 Å². The van der Waals surface area contributed by atoms with E-state index in [0.717, 1.165) is 35.4 Å². The Morgan fingerprint density at radius 2 is 2.04 bits per heavy atom. The number of carbonyl (C=O) groups excluding carboxylic acids is 1. The fraction of sp³-hybridized carbons (Fsp3) is 0.333. The third kappa shape index (κ3) is 3.80. The van der Waals surface area contributed by atoms with E-state index in [-0.39, 0.29) is 18.6 Å². The number of benzene rings is 2. The fourth-order valence-electron chi connectivity index (χ4n) is 3.46. The SMILES string of the molecule is O=C1NC2=Nc3ccc(OCCCCO)cc3CN2C1Cc1ccccc1. The molecule has 2 N–H and O–H groups in total. The molecule has 6 heteroatoms. The first-order valence-electron chi connectivity index (χ1n) is 9.31. The largest absolute Gasteiger partial charge is 0.494 e. The van der Waals surface area contributed by atoms with E-state index in [0.29, 0.717) is 25.5 Å². The van der Waals surface area contributed by atoms with E-state index < -0.39 is 0 Å². The van der Waals surface area contributed by atoms with Crippen molar-refractivity contribution in [3.8, 4) is 5.75 Å². The summed E-state index contributed by atoms with van der Waals surface area (Å²) in [4.78, 5) is 19.1. The first kappa shape index (κ1) is 17.5. The minimum atomic E-state index is -0.256. The van der Waals surface area contributed by atoms with E-state index in [1.165, 1.54) is 0 Å². The third-order valence-electron chi connectivity index (χ3n) is 4.90. The number of ether oxygens (including phenoxy) is 1. The minimum absolute atomic E-state index is 0.00844. The second-order valence-electron chi connectivity index (χ2n) is 6.83. The first-order chi connectivity index (χ1) is 13.2. The van der Waals surface area contributed by atoms with Crippen LogP contribution in [0.2, 0.25) is 0 Å². The molecule has 1 amide bonds. The topological polar surface area (TPSA) is 74.2 Å². The first-order valence-corrected chi connectivity index (χ1v) is 9.31. The lowest BCUT2D eigenvalue weighted by Gasteiger charge is -2.28. The Labute approximate surface area is 158 Å². The van der Waals surface area contributed by atoms with Crippen LogP contribution in [0.25, 0.3) is 0 Å². The van der Waals surface area contributed by atoms with Gasteiger partial charge in [-0.3, -0.25) is 10.1 Å². The average Bonchev–Trinajstić information content (AvgIpc) is 2.98. The summed E-state index contributed by atoms with van der Waals surface area (Å²) in [7, 11) is 0. The number of unbranched alkanes of at least 4 members (excludes halogenated alkanes) is 1. The van der Waals surface area contributed by atoms with Crippen LogP contribution in [0.5, 0.6) is 5.75 Å². The number of hydrogen-bond donors (Lipinski definition) is 2. The van der Waals surface area contributed by atoms with Gasteiger partial charge in [0.1, 0.15) is 11.8 Å². The third-order valence-corrected chi connectivity index (χ3v) is 4.90. The summed E-state index contributed by atoms with van der Waals surface area (Å²) < 4.78 is 5.77. The number of aliphatic hydroxyl groups is 1. The Bertz CT molecular complexity index is 851. The number of amides is 1. The van der Waals surface area contributed by atoms with Crippen molar-refractivity contribution >= 4 is 17.6 Å². The van der Waals surface area contributed by atoms with Gasteiger partial charge in [0, 0.05) is 25.1 Å². The number of hydrogen-bond acceptors (Lipinski definition) is 5. The highest BCUT2D eigenvalue weighted by Gasteiger charge is 2.38. The van der Waals surface area contributed by atoms with Crippen molar-refractivity contribution in [2.75, 3.05) is 13.2 Å². The fourth-order valence-corrected chi connectivity index (χ4v) is 3.46. The highest BCUT2D eigenvalue weighted by molar-refractivity contribution is 6.07. The number of fused-ring (bicyclic) bond motifs is 2. The Morgan fingerprint density at radius 1 is 1.19 bits per heavy atom. The smallest absolute Gasteiger partial charge is 0.249 e. The van der Waals surface area contributed by atoms with Gasteiger partial charge in [-0.1, -0.05) is 30.3 Å². The molecule has 27 heavy (non-hydrogen) atoms. The molecule has 0 saturated carbocycles. The summed E-state index contributed by atoms with van der Waals surface area (Å²) in [6.07, 6.45) is 2.21. The zero-order chi connectivity index (χ0) is 18.6. The molecule has 1 saturated heterocycles. The second-order valence-corrected chi connectivity index (χ2v) is 6.83. The van der Waals surface area contributed by atoms with Crippen LogP contribution < -0.4 is 10.1 Å². The molecule has 140 valence electrons. The summed E-state index contributed by atoms with van der Waals surface area (Å²) in [6, 6.07) is 15.6. The number of guanidine groups is 1. The minimum Gasteiger partial charge on any atom is -0.494 e. The van der Waals surface area contributed by atoms with E-state index in [1.807, 2.05) is 53.4 Å². The zero-order valence-corrected chi connectivity index (χ0v) is 15.1. The molecule has 2 aliphatic heterocycles. The standard InChI is InChI=1S/C21H23N3O3/c25-10-4-5-11-27-17-8-9-18-16(13-17)14-24-19(20(26)23-21(24)22-18)12-15-6-2-1-3-7-15/h1-3,6-9,13,19,25H,4-5,10-12,14H2,(H,22,23,26). The van der Waals surface area contributed by atoms with Crippen LogP contribution in [0.1, 0.15) is 24.0 Å². The maximum Gasteiger partial charge on any atom is 0.249 e. The molecule has 0 aromatic heterocycles. The van der Waals surface area contributed by atoms with Crippen molar-refractivity contribution in [1.29, 1.82) is 0 Å². The Balaban J connectivity index is 1.50. The van der Waals surface area contributed by atoms with E-state index in [4.69, 9.17) is 9.84 Å². The van der Waals surface area contributed by atoms with Gasteiger partial charge in [-0.2, -0.15) is 0 Å². The van der Waals surface area contributed by atoms with Gasteiger partial charge >= 0.3 is 0 Å². The van der Waals surface area contributed by atoms with Crippen LogP contribution in [-0.4, -0.2) is 41.1 Å². The Kier molecular flexibility index (Phi) is 5.07. The number of carbonyl (C=O) groups is 1. The van der Waals surface area contributed by atoms with E-state index in [2.05, 4.69) is 10.3 Å². The van der Waals surface area contributed by atoms with Gasteiger partial charge in [0.15, 0.2) is 0 Å². The van der Waals surface area contributed by atoms with Crippen LogP contribution in [0, 0.1) is 0 Å².